The topological polar surface area (TPSA) is 29.3 Å². The Morgan fingerprint density at radius 3 is 2.88 bits per heavy atom. The van der Waals surface area contributed by atoms with Gasteiger partial charge in [0.25, 0.3) is 0 Å². The standard InChI is InChI=1S/C15H22N2/c1-17-9-12-6-4-2-3-5-11-7-14(16)8-13(10-17)15(11)12/h7-8,12H,2-6,9-10,16H2,1H3. The number of anilines is 1. The molecule has 1 atom stereocenters. The molecule has 2 nitrogen and oxygen atoms in total. The van der Waals surface area contributed by atoms with Gasteiger partial charge in [0, 0.05) is 18.8 Å². The van der Waals surface area contributed by atoms with Crippen molar-refractivity contribution in [3.8, 4) is 0 Å². The van der Waals surface area contributed by atoms with Crippen LogP contribution in [0, 0.1) is 0 Å². The van der Waals surface area contributed by atoms with Crippen molar-refractivity contribution in [2.24, 2.45) is 0 Å². The number of rotatable bonds is 0. The predicted molar refractivity (Wildman–Crippen MR) is 72.1 cm³/mol. The molecular formula is C15H22N2. The first-order chi connectivity index (χ1) is 8.24. The molecule has 0 saturated heterocycles. The molecule has 17 heavy (non-hydrogen) atoms. The third kappa shape index (κ3) is 2.06. The first-order valence-electron chi connectivity index (χ1n) is 6.84. The Morgan fingerprint density at radius 2 is 2.00 bits per heavy atom. The smallest absolute Gasteiger partial charge is 0.0320 e. The van der Waals surface area contributed by atoms with Crippen molar-refractivity contribution in [3.05, 3.63) is 28.8 Å². The molecule has 0 spiro atoms. The van der Waals surface area contributed by atoms with Crippen LogP contribution in [0.5, 0.6) is 0 Å². The molecule has 1 aliphatic heterocycles. The number of nitrogen functional groups attached to an aromatic ring is 1. The molecule has 0 amide bonds. The second kappa shape index (κ2) is 4.34. The highest BCUT2D eigenvalue weighted by Crippen LogP contribution is 2.37. The summed E-state index contributed by atoms with van der Waals surface area (Å²) in [6.07, 6.45) is 6.69. The Bertz CT molecular complexity index is 408. The summed E-state index contributed by atoms with van der Waals surface area (Å²) >= 11 is 0. The van der Waals surface area contributed by atoms with Crippen LogP contribution in [0.15, 0.2) is 12.1 Å². The molecule has 0 saturated carbocycles. The molecule has 0 radical (unpaired) electrons. The van der Waals surface area contributed by atoms with Crippen LogP contribution in [-0.2, 0) is 13.0 Å². The predicted octanol–water partition coefficient (Wildman–Crippen LogP) is 2.91. The first-order valence-corrected chi connectivity index (χ1v) is 6.84. The SMILES string of the molecule is CN1Cc2cc(N)cc3c2C(CCCCC3)C1. The van der Waals surface area contributed by atoms with Crippen LogP contribution in [0.2, 0.25) is 0 Å². The van der Waals surface area contributed by atoms with Gasteiger partial charge >= 0.3 is 0 Å². The van der Waals surface area contributed by atoms with Gasteiger partial charge < -0.3 is 10.6 Å². The van der Waals surface area contributed by atoms with Gasteiger partial charge in [-0.3, -0.25) is 0 Å². The van der Waals surface area contributed by atoms with Crippen molar-refractivity contribution in [1.82, 2.24) is 4.90 Å². The van der Waals surface area contributed by atoms with Crippen LogP contribution in [0.4, 0.5) is 5.69 Å². The molecule has 2 aliphatic rings. The van der Waals surface area contributed by atoms with Gasteiger partial charge in [0.05, 0.1) is 0 Å². The highest BCUT2D eigenvalue weighted by atomic mass is 15.1. The monoisotopic (exact) mass is 230 g/mol. The van der Waals surface area contributed by atoms with E-state index in [0.717, 1.165) is 18.2 Å². The van der Waals surface area contributed by atoms with E-state index in [0.29, 0.717) is 0 Å². The van der Waals surface area contributed by atoms with E-state index in [1.54, 1.807) is 5.56 Å². The lowest BCUT2D eigenvalue weighted by Crippen LogP contribution is -2.32. The largest absolute Gasteiger partial charge is 0.399 e. The molecule has 0 aromatic heterocycles. The van der Waals surface area contributed by atoms with Gasteiger partial charge in [0.1, 0.15) is 0 Å². The quantitative estimate of drug-likeness (QED) is 0.694. The second-order valence-electron chi connectivity index (χ2n) is 5.75. The van der Waals surface area contributed by atoms with E-state index >= 15 is 0 Å². The van der Waals surface area contributed by atoms with Crippen molar-refractivity contribution < 1.29 is 0 Å². The molecular weight excluding hydrogens is 208 g/mol. The molecule has 1 heterocycles. The fourth-order valence-electron chi connectivity index (χ4n) is 3.61. The minimum absolute atomic E-state index is 0.750. The van der Waals surface area contributed by atoms with Crippen molar-refractivity contribution >= 4 is 5.69 Å². The van der Waals surface area contributed by atoms with E-state index in [9.17, 15) is 0 Å². The Hall–Kier alpha value is -1.02. The number of nitrogens with zero attached hydrogens (tertiary/aromatic N) is 1. The van der Waals surface area contributed by atoms with Crippen LogP contribution in [0.1, 0.15) is 48.3 Å². The minimum atomic E-state index is 0.750. The molecule has 0 fully saturated rings. The summed E-state index contributed by atoms with van der Waals surface area (Å²) in [5.41, 5.74) is 11.7. The van der Waals surface area contributed by atoms with Crippen molar-refractivity contribution in [2.75, 3.05) is 19.3 Å². The molecule has 1 aliphatic carbocycles. The first kappa shape index (κ1) is 11.1. The minimum Gasteiger partial charge on any atom is -0.399 e. The molecule has 0 bridgehead atoms. The number of benzene rings is 1. The zero-order valence-corrected chi connectivity index (χ0v) is 10.7. The summed E-state index contributed by atoms with van der Waals surface area (Å²) in [7, 11) is 2.23. The lowest BCUT2D eigenvalue weighted by molar-refractivity contribution is 0.269. The molecule has 2 N–H and O–H groups in total. The van der Waals surface area contributed by atoms with Crippen molar-refractivity contribution in [1.29, 1.82) is 0 Å². The summed E-state index contributed by atoms with van der Waals surface area (Å²) < 4.78 is 0. The van der Waals surface area contributed by atoms with Gasteiger partial charge in [-0.2, -0.15) is 0 Å². The van der Waals surface area contributed by atoms with Crippen molar-refractivity contribution in [2.45, 2.75) is 44.6 Å². The highest BCUT2D eigenvalue weighted by molar-refractivity contribution is 5.52. The second-order valence-corrected chi connectivity index (χ2v) is 5.75. The average Bonchev–Trinajstić information content (AvgIpc) is 2.23. The van der Waals surface area contributed by atoms with Crippen molar-refractivity contribution in [3.63, 3.8) is 0 Å². The normalized spacial score (nSPS) is 24.9. The lowest BCUT2D eigenvalue weighted by atomic mass is 9.80. The maximum atomic E-state index is 6.04. The van der Waals surface area contributed by atoms with Crippen LogP contribution in [0.25, 0.3) is 0 Å². The van der Waals surface area contributed by atoms with Crippen LogP contribution < -0.4 is 5.73 Å². The summed E-state index contributed by atoms with van der Waals surface area (Å²) in [4.78, 5) is 2.44. The lowest BCUT2D eigenvalue weighted by Gasteiger charge is -2.35. The Labute approximate surface area is 104 Å². The molecule has 92 valence electrons. The third-order valence-electron chi connectivity index (χ3n) is 4.25. The van der Waals surface area contributed by atoms with Crippen LogP contribution >= 0.6 is 0 Å². The van der Waals surface area contributed by atoms with E-state index in [2.05, 4.69) is 24.1 Å². The number of hydrogen-bond donors (Lipinski definition) is 1. The zero-order chi connectivity index (χ0) is 11.8. The van der Waals surface area contributed by atoms with Crippen LogP contribution in [-0.4, -0.2) is 18.5 Å². The fraction of sp³-hybridized carbons (Fsp3) is 0.600. The van der Waals surface area contributed by atoms with E-state index in [4.69, 9.17) is 5.73 Å². The Morgan fingerprint density at radius 1 is 1.18 bits per heavy atom. The molecule has 1 unspecified atom stereocenters. The maximum absolute atomic E-state index is 6.04. The van der Waals surface area contributed by atoms with Crippen LogP contribution in [0.3, 0.4) is 0 Å². The third-order valence-corrected chi connectivity index (χ3v) is 4.25. The van der Waals surface area contributed by atoms with E-state index in [-0.39, 0.29) is 0 Å². The van der Waals surface area contributed by atoms with E-state index in [1.165, 1.54) is 49.8 Å². The highest BCUT2D eigenvalue weighted by Gasteiger charge is 2.26. The van der Waals surface area contributed by atoms with Gasteiger partial charge in [0.15, 0.2) is 0 Å². The van der Waals surface area contributed by atoms with E-state index < -0.39 is 0 Å². The Balaban J connectivity index is 2.10. The molecule has 1 aromatic carbocycles. The number of hydrogen-bond acceptors (Lipinski definition) is 2. The van der Waals surface area contributed by atoms with Gasteiger partial charge in [-0.15, -0.1) is 0 Å². The maximum Gasteiger partial charge on any atom is 0.0320 e. The zero-order valence-electron chi connectivity index (χ0n) is 10.7. The summed E-state index contributed by atoms with van der Waals surface area (Å²) in [5, 5.41) is 0. The van der Waals surface area contributed by atoms with Gasteiger partial charge in [-0.05, 0) is 61.1 Å². The number of likely N-dealkylation sites (N-methyl/N-ethyl adjacent to an activating group) is 1. The van der Waals surface area contributed by atoms with E-state index in [1.807, 2.05) is 0 Å². The molecule has 1 aromatic rings. The summed E-state index contributed by atoms with van der Waals surface area (Å²) in [6, 6.07) is 4.42. The molecule has 2 heteroatoms. The summed E-state index contributed by atoms with van der Waals surface area (Å²) in [5.74, 6) is 0.750. The Kier molecular flexibility index (Phi) is 2.83. The van der Waals surface area contributed by atoms with Gasteiger partial charge in [-0.25, -0.2) is 0 Å². The fourth-order valence-corrected chi connectivity index (χ4v) is 3.61. The number of aryl methyl sites for hydroxylation is 1. The average molecular weight is 230 g/mol. The number of nitrogens with two attached hydrogens (primary N) is 1. The van der Waals surface area contributed by atoms with Gasteiger partial charge in [0.2, 0.25) is 0 Å². The van der Waals surface area contributed by atoms with Gasteiger partial charge in [-0.1, -0.05) is 12.8 Å². The molecule has 3 rings (SSSR count). The summed E-state index contributed by atoms with van der Waals surface area (Å²) in [6.45, 7) is 2.30.